The van der Waals surface area contributed by atoms with Gasteiger partial charge < -0.3 is 20.1 Å². The summed E-state index contributed by atoms with van der Waals surface area (Å²) < 4.78 is 20.8. The SMILES string of the molecule is CCc1nc2ccc(C3CCN(C(=O)OC(C)(C)C)CC3O)cn2c1NCc1nc(-c2ccc(F)cc2)cs1. The van der Waals surface area contributed by atoms with Crippen molar-refractivity contribution in [1.29, 1.82) is 0 Å². The summed E-state index contributed by atoms with van der Waals surface area (Å²) in [7, 11) is 0. The second-order valence-corrected chi connectivity index (χ2v) is 11.8. The summed E-state index contributed by atoms with van der Waals surface area (Å²) in [5, 5.41) is 17.4. The first kappa shape index (κ1) is 27.1. The van der Waals surface area contributed by atoms with Crippen molar-refractivity contribution in [2.75, 3.05) is 18.4 Å². The smallest absolute Gasteiger partial charge is 0.410 e. The zero-order chi connectivity index (χ0) is 27.7. The number of nitrogens with zero attached hydrogens (tertiary/aromatic N) is 4. The summed E-state index contributed by atoms with van der Waals surface area (Å²) in [6.07, 6.45) is 2.33. The van der Waals surface area contributed by atoms with Crippen molar-refractivity contribution in [3.8, 4) is 11.3 Å². The molecule has 1 aliphatic rings. The van der Waals surface area contributed by atoms with Crippen molar-refractivity contribution in [2.45, 2.75) is 64.7 Å². The Morgan fingerprint density at radius 1 is 1.21 bits per heavy atom. The van der Waals surface area contributed by atoms with E-state index in [1.807, 2.05) is 48.9 Å². The Labute approximate surface area is 231 Å². The summed E-state index contributed by atoms with van der Waals surface area (Å²) in [6.45, 7) is 8.85. The van der Waals surface area contributed by atoms with Gasteiger partial charge in [-0.15, -0.1) is 11.3 Å². The van der Waals surface area contributed by atoms with E-state index in [0.29, 0.717) is 19.5 Å². The number of hydrogen-bond donors (Lipinski definition) is 2. The number of hydrogen-bond acceptors (Lipinski definition) is 7. The predicted molar refractivity (Wildman–Crippen MR) is 151 cm³/mol. The molecule has 0 radical (unpaired) electrons. The van der Waals surface area contributed by atoms with Crippen LogP contribution in [0, 0.1) is 5.82 Å². The molecule has 2 unspecified atom stereocenters. The second kappa shape index (κ2) is 10.9. The highest BCUT2D eigenvalue weighted by Gasteiger charge is 2.33. The van der Waals surface area contributed by atoms with E-state index in [2.05, 4.69) is 12.2 Å². The topological polar surface area (TPSA) is 92.0 Å². The third-order valence-electron chi connectivity index (χ3n) is 6.81. The molecule has 1 fully saturated rings. The lowest BCUT2D eigenvalue weighted by atomic mass is 9.88. The molecule has 10 heteroatoms. The van der Waals surface area contributed by atoms with E-state index in [1.165, 1.54) is 12.1 Å². The summed E-state index contributed by atoms with van der Waals surface area (Å²) in [5.74, 6) is 0.523. The summed E-state index contributed by atoms with van der Waals surface area (Å²) in [5.41, 5.74) is 3.89. The van der Waals surface area contributed by atoms with E-state index in [9.17, 15) is 14.3 Å². The lowest BCUT2D eigenvalue weighted by Gasteiger charge is -2.36. The number of fused-ring (bicyclic) bond motifs is 1. The van der Waals surface area contributed by atoms with Gasteiger partial charge >= 0.3 is 6.09 Å². The van der Waals surface area contributed by atoms with Gasteiger partial charge in [-0.1, -0.05) is 13.0 Å². The van der Waals surface area contributed by atoms with Gasteiger partial charge in [0.2, 0.25) is 0 Å². The molecule has 4 heterocycles. The Balaban J connectivity index is 1.32. The number of pyridine rings is 1. The van der Waals surface area contributed by atoms with E-state index in [4.69, 9.17) is 14.7 Å². The maximum absolute atomic E-state index is 13.3. The van der Waals surface area contributed by atoms with Crippen LogP contribution in [-0.4, -0.2) is 55.3 Å². The van der Waals surface area contributed by atoms with Crippen LogP contribution in [0.25, 0.3) is 16.9 Å². The first-order chi connectivity index (χ1) is 18.6. The molecule has 0 saturated carbocycles. The van der Waals surface area contributed by atoms with Crippen LogP contribution in [0.15, 0.2) is 48.0 Å². The van der Waals surface area contributed by atoms with Crippen LogP contribution in [0.5, 0.6) is 0 Å². The Bertz CT molecular complexity index is 1460. The van der Waals surface area contributed by atoms with Crippen molar-refractivity contribution in [2.24, 2.45) is 0 Å². The van der Waals surface area contributed by atoms with Gasteiger partial charge in [0, 0.05) is 29.6 Å². The number of anilines is 1. The third kappa shape index (κ3) is 6.07. The monoisotopic (exact) mass is 551 g/mol. The number of aliphatic hydroxyl groups is 1. The Kier molecular flexibility index (Phi) is 7.59. The first-order valence-corrected chi connectivity index (χ1v) is 14.1. The maximum Gasteiger partial charge on any atom is 0.410 e. The van der Waals surface area contributed by atoms with Crippen LogP contribution >= 0.6 is 11.3 Å². The average Bonchev–Trinajstić information content (AvgIpc) is 3.51. The van der Waals surface area contributed by atoms with Gasteiger partial charge in [-0.2, -0.15) is 0 Å². The van der Waals surface area contributed by atoms with Gasteiger partial charge in [-0.25, -0.2) is 19.2 Å². The van der Waals surface area contributed by atoms with Gasteiger partial charge in [0.15, 0.2) is 0 Å². The van der Waals surface area contributed by atoms with E-state index >= 15 is 0 Å². The first-order valence-electron chi connectivity index (χ1n) is 13.2. The van der Waals surface area contributed by atoms with Gasteiger partial charge in [-0.3, -0.25) is 4.40 Å². The maximum atomic E-state index is 13.3. The molecule has 1 saturated heterocycles. The molecule has 0 aliphatic carbocycles. The molecule has 206 valence electrons. The average molecular weight is 552 g/mol. The van der Waals surface area contributed by atoms with E-state index in [-0.39, 0.29) is 18.3 Å². The third-order valence-corrected chi connectivity index (χ3v) is 7.66. The number of ether oxygens (including phenoxy) is 1. The molecule has 1 aliphatic heterocycles. The van der Waals surface area contributed by atoms with Crippen molar-refractivity contribution >= 4 is 28.9 Å². The van der Waals surface area contributed by atoms with Crippen molar-refractivity contribution in [1.82, 2.24) is 19.3 Å². The van der Waals surface area contributed by atoms with Gasteiger partial charge in [0.1, 0.15) is 27.9 Å². The number of aryl methyl sites for hydroxylation is 1. The predicted octanol–water partition coefficient (Wildman–Crippen LogP) is 5.86. The van der Waals surface area contributed by atoms with E-state index in [0.717, 1.165) is 45.4 Å². The van der Waals surface area contributed by atoms with Crippen LogP contribution < -0.4 is 5.32 Å². The fourth-order valence-corrected chi connectivity index (χ4v) is 5.62. The normalized spacial score (nSPS) is 17.9. The molecule has 1 aromatic carbocycles. The number of rotatable bonds is 6. The van der Waals surface area contributed by atoms with Gasteiger partial charge in [0.05, 0.1) is 30.6 Å². The molecule has 39 heavy (non-hydrogen) atoms. The number of imidazole rings is 1. The lowest BCUT2D eigenvalue weighted by Crippen LogP contribution is -2.47. The number of piperidine rings is 1. The van der Waals surface area contributed by atoms with Crippen molar-refractivity contribution in [3.63, 3.8) is 0 Å². The summed E-state index contributed by atoms with van der Waals surface area (Å²) in [6, 6.07) is 10.3. The molecular weight excluding hydrogens is 517 g/mol. The molecule has 0 spiro atoms. The van der Waals surface area contributed by atoms with Crippen LogP contribution in [0.1, 0.15) is 56.3 Å². The minimum absolute atomic E-state index is 0.106. The van der Waals surface area contributed by atoms with Crippen LogP contribution in [-0.2, 0) is 17.7 Å². The Morgan fingerprint density at radius 3 is 2.67 bits per heavy atom. The number of carbonyl (C=O) groups excluding carboxylic acids is 1. The molecule has 2 N–H and O–H groups in total. The Morgan fingerprint density at radius 2 is 1.97 bits per heavy atom. The quantitative estimate of drug-likeness (QED) is 0.312. The number of amides is 1. The second-order valence-electron chi connectivity index (χ2n) is 10.8. The molecule has 5 rings (SSSR count). The summed E-state index contributed by atoms with van der Waals surface area (Å²) >= 11 is 1.55. The van der Waals surface area contributed by atoms with E-state index in [1.54, 1.807) is 28.4 Å². The summed E-state index contributed by atoms with van der Waals surface area (Å²) in [4.78, 5) is 23.6. The minimum atomic E-state index is -0.700. The molecule has 3 aromatic heterocycles. The zero-order valence-corrected chi connectivity index (χ0v) is 23.5. The largest absolute Gasteiger partial charge is 0.444 e. The van der Waals surface area contributed by atoms with E-state index < -0.39 is 17.8 Å². The van der Waals surface area contributed by atoms with Crippen LogP contribution in [0.4, 0.5) is 15.0 Å². The number of aromatic nitrogens is 3. The Hall–Kier alpha value is -3.50. The van der Waals surface area contributed by atoms with Crippen molar-refractivity contribution in [3.05, 3.63) is 70.1 Å². The highest BCUT2D eigenvalue weighted by Crippen LogP contribution is 2.31. The standard InChI is InChI=1S/C29H34FN5O3S/c1-5-22-27(31-14-26-33-23(17-39-26)18-6-9-20(30)10-7-18)35-15-19(8-11-25(35)32-22)21-12-13-34(16-24(21)36)28(37)38-29(2,3)4/h6-11,15,17,21,24,31,36H,5,12-14,16H2,1-4H3. The van der Waals surface area contributed by atoms with Crippen molar-refractivity contribution < 1.29 is 19.0 Å². The van der Waals surface area contributed by atoms with Gasteiger partial charge in [-0.05, 0) is 69.5 Å². The molecule has 2 atom stereocenters. The number of halogens is 1. The van der Waals surface area contributed by atoms with Crippen LogP contribution in [0.3, 0.4) is 0 Å². The molecule has 1 amide bonds. The number of thiazole rings is 1. The fraction of sp³-hybridized carbons (Fsp3) is 0.414. The highest BCUT2D eigenvalue weighted by atomic mass is 32.1. The number of likely N-dealkylation sites (tertiary alicyclic amines) is 1. The lowest BCUT2D eigenvalue weighted by molar-refractivity contribution is -0.00155. The number of nitrogens with one attached hydrogen (secondary N) is 1. The van der Waals surface area contributed by atoms with Gasteiger partial charge in [0.25, 0.3) is 0 Å². The highest BCUT2D eigenvalue weighted by molar-refractivity contribution is 7.10. The molecular formula is C29H34FN5O3S. The number of benzene rings is 1. The van der Waals surface area contributed by atoms with Crippen LogP contribution in [0.2, 0.25) is 0 Å². The zero-order valence-electron chi connectivity index (χ0n) is 22.6. The molecule has 0 bridgehead atoms. The number of β-amino-alcohol motifs (C(OH)–C–C–N with tert-alkyl or cyclic N) is 1. The minimum Gasteiger partial charge on any atom is -0.444 e. The number of carbonyl (C=O) groups is 1. The molecule has 8 nitrogen and oxygen atoms in total. The fourth-order valence-electron chi connectivity index (χ4n) is 4.88. The molecule has 4 aromatic rings. The number of aliphatic hydroxyl groups excluding tert-OH is 1.